The monoisotopic (exact) mass is 483 g/mol. The van der Waals surface area contributed by atoms with Crippen molar-refractivity contribution in [3.8, 4) is 0 Å². The van der Waals surface area contributed by atoms with Gasteiger partial charge in [-0.25, -0.2) is 8.42 Å². The lowest BCUT2D eigenvalue weighted by atomic mass is 10.1. The number of carbonyl (C=O) groups excluding carboxylic acids is 1. The van der Waals surface area contributed by atoms with Gasteiger partial charge >= 0.3 is 0 Å². The summed E-state index contributed by atoms with van der Waals surface area (Å²) < 4.78 is 27.1. The standard InChI is InChI=1S/C25H26ClN3O3S/c1-19-3-13-24(14-4-19)33(31,32)27(2)22-9-5-20(6-10-22)25(30)29-17-15-28(16-18-29)23-11-7-21(26)8-12-23/h3-14H,15-18H2,1-2H3. The molecule has 0 aromatic heterocycles. The smallest absolute Gasteiger partial charge is 0.264 e. The topological polar surface area (TPSA) is 60.9 Å². The molecule has 0 atom stereocenters. The summed E-state index contributed by atoms with van der Waals surface area (Å²) in [6.45, 7) is 4.62. The first kappa shape index (κ1) is 23.1. The second-order valence-electron chi connectivity index (χ2n) is 8.09. The van der Waals surface area contributed by atoms with Crippen LogP contribution in [0.15, 0.2) is 77.7 Å². The molecule has 1 aliphatic heterocycles. The first-order chi connectivity index (χ1) is 15.8. The molecule has 0 N–H and O–H groups in total. The third kappa shape index (κ3) is 4.99. The molecule has 1 amide bonds. The van der Waals surface area contributed by atoms with Gasteiger partial charge in [0.15, 0.2) is 0 Å². The van der Waals surface area contributed by atoms with Crippen LogP contribution >= 0.6 is 11.6 Å². The molecular formula is C25H26ClN3O3S. The molecule has 0 unspecified atom stereocenters. The van der Waals surface area contributed by atoms with Gasteiger partial charge in [-0.15, -0.1) is 0 Å². The molecule has 6 nitrogen and oxygen atoms in total. The normalized spacial score (nSPS) is 14.3. The number of anilines is 2. The number of nitrogens with zero attached hydrogens (tertiary/aromatic N) is 3. The predicted octanol–water partition coefficient (Wildman–Crippen LogP) is 4.44. The third-order valence-corrected chi connectivity index (χ3v) is 7.97. The zero-order valence-electron chi connectivity index (χ0n) is 18.6. The maximum Gasteiger partial charge on any atom is 0.264 e. The molecule has 1 heterocycles. The molecule has 8 heteroatoms. The zero-order chi connectivity index (χ0) is 23.6. The summed E-state index contributed by atoms with van der Waals surface area (Å²) in [5.41, 5.74) is 3.13. The summed E-state index contributed by atoms with van der Waals surface area (Å²) in [5.74, 6) is -0.0543. The Hall–Kier alpha value is -3.03. The number of aryl methyl sites for hydroxylation is 1. The molecule has 1 fully saturated rings. The van der Waals surface area contributed by atoms with Gasteiger partial charge < -0.3 is 9.80 Å². The Kier molecular flexibility index (Phi) is 6.63. The van der Waals surface area contributed by atoms with Crippen molar-refractivity contribution >= 4 is 38.9 Å². The van der Waals surface area contributed by atoms with Crippen molar-refractivity contribution in [3.63, 3.8) is 0 Å². The Morgan fingerprint density at radius 2 is 1.42 bits per heavy atom. The van der Waals surface area contributed by atoms with Gasteiger partial charge in [-0.05, 0) is 67.6 Å². The van der Waals surface area contributed by atoms with E-state index >= 15 is 0 Å². The number of halogens is 1. The Morgan fingerprint density at radius 3 is 2.00 bits per heavy atom. The van der Waals surface area contributed by atoms with E-state index < -0.39 is 10.0 Å². The summed E-state index contributed by atoms with van der Waals surface area (Å²) in [5, 5.41) is 0.702. The van der Waals surface area contributed by atoms with E-state index in [9.17, 15) is 13.2 Å². The molecule has 3 aromatic carbocycles. The van der Waals surface area contributed by atoms with Gasteiger partial charge in [0, 0.05) is 49.5 Å². The van der Waals surface area contributed by atoms with Crippen LogP contribution in [0.4, 0.5) is 11.4 Å². The minimum atomic E-state index is -3.67. The largest absolute Gasteiger partial charge is 0.368 e. The Morgan fingerprint density at radius 1 is 0.848 bits per heavy atom. The molecule has 0 aliphatic carbocycles. The Labute approximate surface area is 200 Å². The van der Waals surface area contributed by atoms with E-state index in [2.05, 4.69) is 4.90 Å². The van der Waals surface area contributed by atoms with Crippen LogP contribution in [-0.4, -0.2) is 52.5 Å². The highest BCUT2D eigenvalue weighted by Gasteiger charge is 2.24. The molecule has 33 heavy (non-hydrogen) atoms. The van der Waals surface area contributed by atoms with E-state index in [1.54, 1.807) is 48.5 Å². The van der Waals surface area contributed by atoms with Crippen LogP contribution in [0.3, 0.4) is 0 Å². The van der Waals surface area contributed by atoms with Gasteiger partial charge in [-0.3, -0.25) is 9.10 Å². The van der Waals surface area contributed by atoms with E-state index in [1.165, 1.54) is 11.4 Å². The van der Waals surface area contributed by atoms with Gasteiger partial charge in [0.1, 0.15) is 0 Å². The van der Waals surface area contributed by atoms with Gasteiger partial charge in [0.25, 0.3) is 15.9 Å². The summed E-state index contributed by atoms with van der Waals surface area (Å²) in [6, 6.07) is 21.2. The number of benzene rings is 3. The summed E-state index contributed by atoms with van der Waals surface area (Å²) in [4.78, 5) is 17.3. The number of sulfonamides is 1. The molecule has 0 spiro atoms. The van der Waals surface area contributed by atoms with E-state index in [1.807, 2.05) is 36.1 Å². The molecule has 172 valence electrons. The molecular weight excluding hydrogens is 458 g/mol. The summed E-state index contributed by atoms with van der Waals surface area (Å²) in [6.07, 6.45) is 0. The predicted molar refractivity (Wildman–Crippen MR) is 133 cm³/mol. The molecule has 1 saturated heterocycles. The molecule has 4 rings (SSSR count). The van der Waals surface area contributed by atoms with E-state index in [-0.39, 0.29) is 10.8 Å². The third-order valence-electron chi connectivity index (χ3n) is 5.92. The number of carbonyl (C=O) groups is 1. The van der Waals surface area contributed by atoms with E-state index in [0.29, 0.717) is 29.4 Å². The lowest BCUT2D eigenvalue weighted by molar-refractivity contribution is 0.0747. The SMILES string of the molecule is Cc1ccc(S(=O)(=O)N(C)c2ccc(C(=O)N3CCN(c4ccc(Cl)cc4)CC3)cc2)cc1. The summed E-state index contributed by atoms with van der Waals surface area (Å²) >= 11 is 5.97. The van der Waals surface area contributed by atoms with Crippen LogP contribution in [0.5, 0.6) is 0 Å². The van der Waals surface area contributed by atoms with Crippen molar-refractivity contribution < 1.29 is 13.2 Å². The number of rotatable bonds is 5. The van der Waals surface area contributed by atoms with Crippen molar-refractivity contribution in [2.45, 2.75) is 11.8 Å². The van der Waals surface area contributed by atoms with E-state index in [0.717, 1.165) is 24.3 Å². The van der Waals surface area contributed by atoms with Gasteiger partial charge in [-0.1, -0.05) is 29.3 Å². The van der Waals surface area contributed by atoms with Crippen LogP contribution in [-0.2, 0) is 10.0 Å². The average molecular weight is 484 g/mol. The minimum absolute atomic E-state index is 0.0543. The molecule has 0 bridgehead atoms. The highest BCUT2D eigenvalue weighted by Crippen LogP contribution is 2.24. The Bertz CT molecular complexity index is 1220. The van der Waals surface area contributed by atoms with Crippen molar-refractivity contribution in [2.24, 2.45) is 0 Å². The van der Waals surface area contributed by atoms with Crippen molar-refractivity contribution in [1.82, 2.24) is 4.90 Å². The average Bonchev–Trinajstić information content (AvgIpc) is 2.84. The fourth-order valence-corrected chi connectivity index (χ4v) is 5.14. The number of hydrogen-bond donors (Lipinski definition) is 0. The lowest BCUT2D eigenvalue weighted by Crippen LogP contribution is -2.48. The first-order valence-electron chi connectivity index (χ1n) is 10.7. The molecule has 0 saturated carbocycles. The number of amides is 1. The maximum absolute atomic E-state index is 13.0. The highest BCUT2D eigenvalue weighted by atomic mass is 35.5. The minimum Gasteiger partial charge on any atom is -0.368 e. The first-order valence-corrected chi connectivity index (χ1v) is 12.5. The highest BCUT2D eigenvalue weighted by molar-refractivity contribution is 7.92. The Balaban J connectivity index is 1.41. The van der Waals surface area contributed by atoms with Crippen LogP contribution in [0.2, 0.25) is 5.02 Å². The van der Waals surface area contributed by atoms with E-state index in [4.69, 9.17) is 11.6 Å². The van der Waals surface area contributed by atoms with Crippen LogP contribution in [0.25, 0.3) is 0 Å². The molecule has 3 aromatic rings. The fraction of sp³-hybridized carbons (Fsp3) is 0.240. The second kappa shape index (κ2) is 9.45. The van der Waals surface area contributed by atoms with Crippen LogP contribution < -0.4 is 9.21 Å². The molecule has 1 aliphatic rings. The number of hydrogen-bond acceptors (Lipinski definition) is 4. The van der Waals surface area contributed by atoms with Gasteiger partial charge in [0.2, 0.25) is 0 Å². The van der Waals surface area contributed by atoms with Gasteiger partial charge in [-0.2, -0.15) is 0 Å². The lowest BCUT2D eigenvalue weighted by Gasteiger charge is -2.36. The quantitative estimate of drug-likeness (QED) is 0.538. The van der Waals surface area contributed by atoms with Crippen LogP contribution in [0.1, 0.15) is 15.9 Å². The number of piperazine rings is 1. The maximum atomic E-state index is 13.0. The van der Waals surface area contributed by atoms with Crippen LogP contribution in [0, 0.1) is 6.92 Å². The van der Waals surface area contributed by atoms with Crippen molar-refractivity contribution in [3.05, 3.63) is 88.9 Å². The van der Waals surface area contributed by atoms with Crippen molar-refractivity contribution in [1.29, 1.82) is 0 Å². The zero-order valence-corrected chi connectivity index (χ0v) is 20.2. The fourth-order valence-electron chi connectivity index (χ4n) is 3.82. The van der Waals surface area contributed by atoms with Crippen molar-refractivity contribution in [2.75, 3.05) is 42.4 Å². The van der Waals surface area contributed by atoms with Gasteiger partial charge in [0.05, 0.1) is 10.6 Å². The summed E-state index contributed by atoms with van der Waals surface area (Å²) in [7, 11) is -2.16. The molecule has 0 radical (unpaired) electrons. The second-order valence-corrected chi connectivity index (χ2v) is 10.5.